The minimum absolute atomic E-state index is 0.107. The van der Waals surface area contributed by atoms with Gasteiger partial charge in [0.1, 0.15) is 23.2 Å². The maximum atomic E-state index is 13.2. The summed E-state index contributed by atoms with van der Waals surface area (Å²) in [4.78, 5) is 10.2. The summed E-state index contributed by atoms with van der Waals surface area (Å²) in [6.45, 7) is 0. The molecule has 2 rings (SSSR count). The van der Waals surface area contributed by atoms with Gasteiger partial charge in [-0.1, -0.05) is 6.07 Å². The Balaban J connectivity index is 2.51. The van der Waals surface area contributed by atoms with Crippen LogP contribution in [0.5, 0.6) is 11.5 Å². The quantitative estimate of drug-likeness (QED) is 0.622. The Kier molecular flexibility index (Phi) is 3.96. The van der Waals surface area contributed by atoms with Crippen molar-refractivity contribution in [2.75, 3.05) is 0 Å². The Labute approximate surface area is 121 Å². The van der Waals surface area contributed by atoms with Crippen LogP contribution >= 0.6 is 15.9 Å². The minimum atomic E-state index is -0.682. The highest BCUT2D eigenvalue weighted by Crippen LogP contribution is 2.35. The van der Waals surface area contributed by atoms with E-state index in [1.54, 1.807) is 12.1 Å². The number of nitro groups is 1. The summed E-state index contributed by atoms with van der Waals surface area (Å²) in [5.74, 6) is -0.820. The number of halogens is 2. The van der Waals surface area contributed by atoms with E-state index in [2.05, 4.69) is 15.9 Å². The molecule has 0 aliphatic carbocycles. The van der Waals surface area contributed by atoms with Crippen LogP contribution in [0.2, 0.25) is 0 Å². The van der Waals surface area contributed by atoms with Crippen LogP contribution in [0.1, 0.15) is 5.56 Å². The van der Waals surface area contributed by atoms with Crippen molar-refractivity contribution < 1.29 is 14.1 Å². The maximum Gasteiger partial charge on any atom is 0.311 e. The van der Waals surface area contributed by atoms with Crippen molar-refractivity contribution in [1.29, 1.82) is 5.26 Å². The molecule has 0 saturated carbocycles. The third-order valence-electron chi connectivity index (χ3n) is 2.43. The second-order valence-electron chi connectivity index (χ2n) is 3.70. The van der Waals surface area contributed by atoms with Crippen molar-refractivity contribution in [3.8, 4) is 17.6 Å². The molecule has 2 aromatic rings. The van der Waals surface area contributed by atoms with Gasteiger partial charge < -0.3 is 4.74 Å². The van der Waals surface area contributed by atoms with Crippen LogP contribution in [0, 0.1) is 27.3 Å². The summed E-state index contributed by atoms with van der Waals surface area (Å²) < 4.78 is 19.0. The van der Waals surface area contributed by atoms with Crippen LogP contribution in [0.3, 0.4) is 0 Å². The smallest absolute Gasteiger partial charge is 0.311 e. The Bertz CT molecular complexity index is 728. The van der Waals surface area contributed by atoms with E-state index >= 15 is 0 Å². The molecule has 0 spiro atoms. The second-order valence-corrected chi connectivity index (χ2v) is 4.55. The fraction of sp³-hybridized carbons (Fsp3) is 0. The number of hydrogen-bond acceptors (Lipinski definition) is 4. The molecule has 7 heteroatoms. The molecule has 0 N–H and O–H groups in total. The molecule has 100 valence electrons. The topological polar surface area (TPSA) is 76.2 Å². The summed E-state index contributed by atoms with van der Waals surface area (Å²) >= 11 is 3.17. The van der Waals surface area contributed by atoms with Gasteiger partial charge in [-0.05, 0) is 34.1 Å². The Morgan fingerprint density at radius 3 is 2.70 bits per heavy atom. The Hall–Kier alpha value is -2.46. The molecule has 20 heavy (non-hydrogen) atoms. The number of hydrogen-bond donors (Lipinski definition) is 0. The predicted molar refractivity (Wildman–Crippen MR) is 72.0 cm³/mol. The van der Waals surface area contributed by atoms with Crippen LogP contribution in [0.4, 0.5) is 10.1 Å². The van der Waals surface area contributed by atoms with Gasteiger partial charge in [0.05, 0.1) is 4.92 Å². The van der Waals surface area contributed by atoms with Crippen molar-refractivity contribution in [2.45, 2.75) is 0 Å². The molecule has 0 bridgehead atoms. The Morgan fingerprint density at radius 1 is 1.30 bits per heavy atom. The molecule has 0 atom stereocenters. The number of nitriles is 1. The summed E-state index contributed by atoms with van der Waals surface area (Å²) in [5.41, 5.74) is -0.207. The van der Waals surface area contributed by atoms with Crippen molar-refractivity contribution >= 4 is 21.6 Å². The molecule has 0 saturated heterocycles. The monoisotopic (exact) mass is 336 g/mol. The minimum Gasteiger partial charge on any atom is -0.449 e. The van der Waals surface area contributed by atoms with Crippen LogP contribution in [0.15, 0.2) is 40.9 Å². The fourth-order valence-electron chi connectivity index (χ4n) is 1.54. The molecule has 2 aromatic carbocycles. The summed E-state index contributed by atoms with van der Waals surface area (Å²) in [6.07, 6.45) is 0. The van der Waals surface area contributed by atoms with Crippen LogP contribution in [-0.4, -0.2) is 4.92 Å². The first kappa shape index (κ1) is 14.0. The summed E-state index contributed by atoms with van der Waals surface area (Å²) in [5, 5.41) is 19.9. The molecule has 0 unspecified atom stereocenters. The van der Waals surface area contributed by atoms with Gasteiger partial charge in [-0.25, -0.2) is 4.39 Å². The first-order valence-corrected chi connectivity index (χ1v) is 6.12. The number of nitrogens with zero attached hydrogens (tertiary/aromatic N) is 2. The molecule has 0 aliphatic rings. The summed E-state index contributed by atoms with van der Waals surface area (Å²) in [7, 11) is 0. The van der Waals surface area contributed by atoms with Gasteiger partial charge in [-0.3, -0.25) is 10.1 Å². The standard InChI is InChI=1S/C13H6BrFN2O3/c14-10-2-1-3-12(9(10)7-16)20-13-6-8(15)4-5-11(13)17(18)19/h1-6H. The lowest BCUT2D eigenvalue weighted by Crippen LogP contribution is -1.96. The van der Waals surface area contributed by atoms with E-state index in [4.69, 9.17) is 10.00 Å². The molecular weight excluding hydrogens is 331 g/mol. The average Bonchev–Trinajstić information content (AvgIpc) is 2.38. The Morgan fingerprint density at radius 2 is 2.05 bits per heavy atom. The van der Waals surface area contributed by atoms with Gasteiger partial charge in [0, 0.05) is 16.6 Å². The van der Waals surface area contributed by atoms with Crippen molar-refractivity contribution in [3.63, 3.8) is 0 Å². The zero-order valence-corrected chi connectivity index (χ0v) is 11.4. The van der Waals surface area contributed by atoms with Crippen LogP contribution in [0.25, 0.3) is 0 Å². The van der Waals surface area contributed by atoms with Crippen LogP contribution < -0.4 is 4.74 Å². The first-order chi connectivity index (χ1) is 9.52. The van der Waals surface area contributed by atoms with Crippen molar-refractivity contribution in [1.82, 2.24) is 0 Å². The molecular formula is C13H6BrFN2O3. The van der Waals surface area contributed by atoms with Gasteiger partial charge in [0.15, 0.2) is 0 Å². The number of rotatable bonds is 3. The van der Waals surface area contributed by atoms with Gasteiger partial charge in [-0.2, -0.15) is 5.26 Å². The fourth-order valence-corrected chi connectivity index (χ4v) is 1.97. The molecule has 0 heterocycles. The maximum absolute atomic E-state index is 13.2. The molecule has 0 fully saturated rings. The van der Waals surface area contributed by atoms with Gasteiger partial charge in [0.2, 0.25) is 5.75 Å². The molecule has 5 nitrogen and oxygen atoms in total. The molecule has 0 radical (unpaired) electrons. The third kappa shape index (κ3) is 2.75. The molecule has 0 aromatic heterocycles. The lowest BCUT2D eigenvalue weighted by Gasteiger charge is -2.08. The third-order valence-corrected chi connectivity index (χ3v) is 3.09. The van der Waals surface area contributed by atoms with Crippen molar-refractivity contribution in [2.24, 2.45) is 0 Å². The van der Waals surface area contributed by atoms with E-state index in [1.807, 2.05) is 6.07 Å². The predicted octanol–water partition coefficient (Wildman–Crippen LogP) is 4.16. The average molecular weight is 337 g/mol. The lowest BCUT2D eigenvalue weighted by molar-refractivity contribution is -0.385. The van der Waals surface area contributed by atoms with Crippen LogP contribution in [-0.2, 0) is 0 Å². The first-order valence-electron chi connectivity index (χ1n) is 5.33. The highest BCUT2D eigenvalue weighted by atomic mass is 79.9. The normalized spacial score (nSPS) is 9.85. The largest absolute Gasteiger partial charge is 0.449 e. The van der Waals surface area contributed by atoms with E-state index in [0.717, 1.165) is 18.2 Å². The number of benzene rings is 2. The highest BCUT2D eigenvalue weighted by Gasteiger charge is 2.18. The summed E-state index contributed by atoms with van der Waals surface area (Å²) in [6, 6.07) is 9.50. The second kappa shape index (κ2) is 5.67. The van der Waals surface area contributed by atoms with E-state index in [1.165, 1.54) is 6.07 Å². The zero-order chi connectivity index (χ0) is 14.7. The van der Waals surface area contributed by atoms with E-state index in [0.29, 0.717) is 4.47 Å². The van der Waals surface area contributed by atoms with E-state index in [-0.39, 0.29) is 22.7 Å². The van der Waals surface area contributed by atoms with E-state index < -0.39 is 10.7 Å². The van der Waals surface area contributed by atoms with Gasteiger partial charge in [0.25, 0.3) is 0 Å². The molecule has 0 aliphatic heterocycles. The molecule has 0 amide bonds. The number of ether oxygens (including phenoxy) is 1. The van der Waals surface area contributed by atoms with Gasteiger partial charge >= 0.3 is 5.69 Å². The zero-order valence-electron chi connectivity index (χ0n) is 9.84. The highest BCUT2D eigenvalue weighted by molar-refractivity contribution is 9.10. The van der Waals surface area contributed by atoms with E-state index in [9.17, 15) is 14.5 Å². The SMILES string of the molecule is N#Cc1c(Br)cccc1Oc1cc(F)ccc1[N+](=O)[O-]. The lowest BCUT2D eigenvalue weighted by atomic mass is 10.2. The number of nitro benzene ring substituents is 1. The van der Waals surface area contributed by atoms with Crippen molar-refractivity contribution in [3.05, 3.63) is 62.4 Å². The van der Waals surface area contributed by atoms with Gasteiger partial charge in [-0.15, -0.1) is 0 Å².